The Bertz CT molecular complexity index is 879. The number of piperidine rings is 1. The molecule has 0 saturated carbocycles. The van der Waals surface area contributed by atoms with Crippen molar-refractivity contribution in [1.82, 2.24) is 4.31 Å². The molecular weight excluding hydrogens is 318 g/mol. The molecule has 0 N–H and O–H groups in total. The summed E-state index contributed by atoms with van der Waals surface area (Å²) in [6, 6.07) is 6.27. The van der Waals surface area contributed by atoms with E-state index in [4.69, 9.17) is 9.15 Å². The van der Waals surface area contributed by atoms with Crippen molar-refractivity contribution in [3.63, 3.8) is 0 Å². The molecule has 0 aliphatic carbocycles. The monoisotopic (exact) mass is 337 g/mol. The minimum Gasteiger partial charge on any atom is -0.497 e. The van der Waals surface area contributed by atoms with E-state index >= 15 is 0 Å². The highest BCUT2D eigenvalue weighted by Crippen LogP contribution is 2.25. The maximum Gasteiger partial charge on any atom is 0.356 e. The van der Waals surface area contributed by atoms with Crippen LogP contribution in [0.15, 0.2) is 38.4 Å². The van der Waals surface area contributed by atoms with Crippen molar-refractivity contribution >= 4 is 21.0 Å². The third kappa shape index (κ3) is 2.98. The smallest absolute Gasteiger partial charge is 0.356 e. The van der Waals surface area contributed by atoms with Crippen LogP contribution in [0.25, 0.3) is 11.0 Å². The Labute approximate surface area is 134 Å². The fraction of sp³-hybridized carbons (Fsp3) is 0.438. The summed E-state index contributed by atoms with van der Waals surface area (Å²) in [5, 5.41) is 0.521. The number of fused-ring (bicyclic) bond motifs is 1. The average molecular weight is 337 g/mol. The summed E-state index contributed by atoms with van der Waals surface area (Å²) in [5.74, 6) is 1.07. The van der Waals surface area contributed by atoms with Crippen molar-refractivity contribution in [2.45, 2.75) is 24.7 Å². The number of hydrogen-bond donors (Lipinski definition) is 0. The first-order valence-electron chi connectivity index (χ1n) is 7.54. The van der Waals surface area contributed by atoms with Gasteiger partial charge in [-0.2, -0.15) is 4.31 Å². The molecule has 1 fully saturated rings. The lowest BCUT2D eigenvalue weighted by Crippen LogP contribution is -2.39. The summed E-state index contributed by atoms with van der Waals surface area (Å²) in [6.07, 6.45) is 1.60. The van der Waals surface area contributed by atoms with Crippen molar-refractivity contribution in [1.29, 1.82) is 0 Å². The Morgan fingerprint density at radius 2 is 1.91 bits per heavy atom. The minimum atomic E-state index is -3.84. The van der Waals surface area contributed by atoms with E-state index in [-0.39, 0.29) is 4.90 Å². The predicted molar refractivity (Wildman–Crippen MR) is 86.2 cm³/mol. The number of nitrogens with zero attached hydrogens (tertiary/aromatic N) is 1. The van der Waals surface area contributed by atoms with Gasteiger partial charge in [0.05, 0.1) is 7.11 Å². The van der Waals surface area contributed by atoms with Crippen molar-refractivity contribution in [2.24, 2.45) is 5.92 Å². The van der Waals surface area contributed by atoms with Crippen molar-refractivity contribution < 1.29 is 17.6 Å². The second-order valence-corrected chi connectivity index (χ2v) is 7.79. The number of benzene rings is 1. The highest BCUT2D eigenvalue weighted by Gasteiger charge is 2.31. The van der Waals surface area contributed by atoms with Crippen LogP contribution in [0.3, 0.4) is 0 Å². The SMILES string of the molecule is COc1ccc2oc(=O)c(S(=O)(=O)N3CCC(C)CC3)cc2c1. The van der Waals surface area contributed by atoms with Crippen molar-refractivity contribution in [3.05, 3.63) is 34.7 Å². The van der Waals surface area contributed by atoms with Crippen LogP contribution in [-0.4, -0.2) is 32.9 Å². The van der Waals surface area contributed by atoms with Gasteiger partial charge in [-0.3, -0.25) is 0 Å². The van der Waals surface area contributed by atoms with Gasteiger partial charge in [0.25, 0.3) is 0 Å². The van der Waals surface area contributed by atoms with Gasteiger partial charge in [0.1, 0.15) is 11.3 Å². The highest BCUT2D eigenvalue weighted by atomic mass is 32.2. The van der Waals surface area contributed by atoms with Crippen LogP contribution in [0.1, 0.15) is 19.8 Å². The largest absolute Gasteiger partial charge is 0.497 e. The normalized spacial score (nSPS) is 17.5. The van der Waals surface area contributed by atoms with E-state index in [2.05, 4.69) is 6.92 Å². The molecule has 0 radical (unpaired) electrons. The molecule has 6 nitrogen and oxygen atoms in total. The van der Waals surface area contributed by atoms with Gasteiger partial charge in [0, 0.05) is 18.5 Å². The first kappa shape index (κ1) is 16.0. The molecule has 1 saturated heterocycles. The molecule has 124 valence electrons. The van der Waals surface area contributed by atoms with Crippen molar-refractivity contribution in [2.75, 3.05) is 20.2 Å². The lowest BCUT2D eigenvalue weighted by atomic mass is 10.0. The number of methoxy groups -OCH3 is 1. The quantitative estimate of drug-likeness (QED) is 0.803. The highest BCUT2D eigenvalue weighted by molar-refractivity contribution is 7.89. The van der Waals surface area contributed by atoms with Crippen LogP contribution in [0, 0.1) is 5.92 Å². The van der Waals surface area contributed by atoms with Crippen LogP contribution >= 0.6 is 0 Å². The number of hydrogen-bond acceptors (Lipinski definition) is 5. The summed E-state index contributed by atoms with van der Waals surface area (Å²) < 4.78 is 37.2. The maximum atomic E-state index is 12.7. The molecule has 2 heterocycles. The van der Waals surface area contributed by atoms with Gasteiger partial charge in [-0.05, 0) is 43.0 Å². The van der Waals surface area contributed by atoms with Gasteiger partial charge in [-0.1, -0.05) is 6.92 Å². The third-order valence-electron chi connectivity index (χ3n) is 4.27. The van der Waals surface area contributed by atoms with Gasteiger partial charge >= 0.3 is 5.63 Å². The van der Waals surface area contributed by atoms with E-state index in [0.29, 0.717) is 35.7 Å². The molecule has 0 atom stereocenters. The molecule has 1 aromatic heterocycles. The Balaban J connectivity index is 2.07. The summed E-state index contributed by atoms with van der Waals surface area (Å²) in [6.45, 7) is 2.96. The summed E-state index contributed by atoms with van der Waals surface area (Å²) in [5.41, 5.74) is -0.497. The number of ether oxygens (including phenoxy) is 1. The van der Waals surface area contributed by atoms with Gasteiger partial charge in [-0.25, -0.2) is 13.2 Å². The molecule has 23 heavy (non-hydrogen) atoms. The Morgan fingerprint density at radius 1 is 1.22 bits per heavy atom. The Hall–Kier alpha value is -1.86. The molecule has 0 spiro atoms. The molecule has 3 rings (SSSR count). The van der Waals surface area contributed by atoms with Crippen LogP contribution < -0.4 is 10.4 Å². The second kappa shape index (κ2) is 5.98. The van der Waals surface area contributed by atoms with Gasteiger partial charge < -0.3 is 9.15 Å². The van der Waals surface area contributed by atoms with Crippen LogP contribution in [0.4, 0.5) is 0 Å². The maximum absolute atomic E-state index is 12.7. The van der Waals surface area contributed by atoms with Crippen LogP contribution in [0.5, 0.6) is 5.75 Å². The van der Waals surface area contributed by atoms with E-state index in [9.17, 15) is 13.2 Å². The zero-order valence-corrected chi connectivity index (χ0v) is 13.9. The fourth-order valence-electron chi connectivity index (χ4n) is 2.75. The van der Waals surface area contributed by atoms with Gasteiger partial charge in [0.2, 0.25) is 10.0 Å². The standard InChI is InChI=1S/C16H19NO5S/c1-11-5-7-17(8-6-11)23(19,20)15-10-12-9-13(21-2)3-4-14(12)22-16(15)18/h3-4,9-11H,5-8H2,1-2H3. The first-order valence-corrected chi connectivity index (χ1v) is 8.98. The van der Waals surface area contributed by atoms with Crippen LogP contribution in [0.2, 0.25) is 0 Å². The molecule has 0 bridgehead atoms. The van der Waals surface area contributed by atoms with E-state index in [1.54, 1.807) is 18.2 Å². The van der Waals surface area contributed by atoms with E-state index in [1.165, 1.54) is 17.5 Å². The second-order valence-electron chi connectivity index (χ2n) is 5.89. The minimum absolute atomic E-state index is 0.312. The summed E-state index contributed by atoms with van der Waals surface area (Å²) >= 11 is 0. The van der Waals surface area contributed by atoms with Crippen LogP contribution in [-0.2, 0) is 10.0 Å². The van der Waals surface area contributed by atoms with E-state index in [1.807, 2.05) is 0 Å². The summed E-state index contributed by atoms with van der Waals surface area (Å²) in [7, 11) is -2.32. The van der Waals surface area contributed by atoms with Crippen molar-refractivity contribution in [3.8, 4) is 5.75 Å². The molecular formula is C16H19NO5S. The molecule has 0 amide bonds. The molecule has 1 aromatic carbocycles. The number of sulfonamides is 1. The lowest BCUT2D eigenvalue weighted by molar-refractivity contribution is 0.287. The number of rotatable bonds is 3. The molecule has 7 heteroatoms. The summed E-state index contributed by atoms with van der Waals surface area (Å²) in [4.78, 5) is 11.8. The van der Waals surface area contributed by atoms with Gasteiger partial charge in [-0.15, -0.1) is 0 Å². The Kier molecular flexibility index (Phi) is 4.16. The predicted octanol–water partition coefficient (Wildman–Crippen LogP) is 2.22. The fourth-order valence-corrected chi connectivity index (χ4v) is 4.25. The topological polar surface area (TPSA) is 76.8 Å². The molecule has 1 aliphatic heterocycles. The van der Waals surface area contributed by atoms with E-state index in [0.717, 1.165) is 12.8 Å². The van der Waals surface area contributed by atoms with E-state index < -0.39 is 15.6 Å². The molecule has 2 aromatic rings. The Morgan fingerprint density at radius 3 is 2.57 bits per heavy atom. The third-order valence-corrected chi connectivity index (χ3v) is 6.15. The zero-order chi connectivity index (χ0) is 16.6. The molecule has 0 unspecified atom stereocenters. The first-order chi connectivity index (χ1) is 10.9. The average Bonchev–Trinajstić information content (AvgIpc) is 2.54. The van der Waals surface area contributed by atoms with Gasteiger partial charge in [0.15, 0.2) is 4.90 Å². The lowest BCUT2D eigenvalue weighted by Gasteiger charge is -2.29. The molecule has 1 aliphatic rings. The zero-order valence-electron chi connectivity index (χ0n) is 13.1.